The zero-order chi connectivity index (χ0) is 20.5. The molecule has 0 aromatic heterocycles. The molecule has 1 saturated heterocycles. The first-order valence-corrected chi connectivity index (χ1v) is 10.3. The summed E-state index contributed by atoms with van der Waals surface area (Å²) in [5, 5.41) is 11.2. The molecule has 1 fully saturated rings. The Hall–Kier alpha value is -3.07. The van der Waals surface area contributed by atoms with Gasteiger partial charge in [-0.3, -0.25) is 9.80 Å². The van der Waals surface area contributed by atoms with E-state index in [0.717, 1.165) is 23.5 Å². The summed E-state index contributed by atoms with van der Waals surface area (Å²) in [7, 11) is 0. The van der Waals surface area contributed by atoms with Gasteiger partial charge < -0.3 is 19.5 Å². The van der Waals surface area contributed by atoms with E-state index < -0.39 is 5.97 Å². The Kier molecular flexibility index (Phi) is 5.04. The minimum absolute atomic E-state index is 0.0753. The molecule has 0 radical (unpaired) electrons. The van der Waals surface area contributed by atoms with E-state index >= 15 is 0 Å². The number of hydrogen-bond donors (Lipinski definition) is 2. The highest BCUT2D eigenvalue weighted by Gasteiger charge is 2.33. The number of carbonyl (C=O) groups is 1. The maximum absolute atomic E-state index is 11.2. The second-order valence-corrected chi connectivity index (χ2v) is 7.93. The summed E-state index contributed by atoms with van der Waals surface area (Å²) in [5.41, 5.74) is 4.56. The molecule has 0 saturated carbocycles. The molecular weight excluding hydrogens is 386 g/mol. The molecule has 4 aliphatic rings. The van der Waals surface area contributed by atoms with Crippen molar-refractivity contribution in [1.29, 1.82) is 0 Å². The highest BCUT2D eigenvalue weighted by Crippen LogP contribution is 2.32. The lowest BCUT2D eigenvalue weighted by Gasteiger charge is -2.39. The van der Waals surface area contributed by atoms with Crippen molar-refractivity contribution in [2.75, 3.05) is 19.9 Å². The molecule has 1 aromatic rings. The van der Waals surface area contributed by atoms with Gasteiger partial charge in [0.1, 0.15) is 6.17 Å². The number of likely N-dealkylation sites (tertiary alicyclic amines) is 1. The van der Waals surface area contributed by atoms with Gasteiger partial charge in [0.25, 0.3) is 0 Å². The normalized spacial score (nSPS) is 25.3. The van der Waals surface area contributed by atoms with Crippen molar-refractivity contribution >= 4 is 18.1 Å². The van der Waals surface area contributed by atoms with Crippen LogP contribution < -0.4 is 14.9 Å². The van der Waals surface area contributed by atoms with Crippen molar-refractivity contribution in [3.63, 3.8) is 0 Å². The monoisotopic (exact) mass is 411 g/mol. The van der Waals surface area contributed by atoms with Crippen LogP contribution in [0.4, 0.5) is 0 Å². The molecule has 0 bridgehead atoms. The summed E-state index contributed by atoms with van der Waals surface area (Å²) in [4.78, 5) is 22.8. The number of carboxylic acids is 1. The lowest BCUT2D eigenvalue weighted by molar-refractivity contribution is -0.143. The molecule has 158 valence electrons. The van der Waals surface area contributed by atoms with Crippen molar-refractivity contribution in [2.45, 2.75) is 32.0 Å². The van der Waals surface area contributed by atoms with Crippen molar-refractivity contribution in [3.8, 4) is 11.5 Å². The molecule has 4 aliphatic heterocycles. The quantitative estimate of drug-likeness (QED) is 0.780. The van der Waals surface area contributed by atoms with Gasteiger partial charge in [-0.1, -0.05) is 12.1 Å². The van der Waals surface area contributed by atoms with Crippen LogP contribution in [0, 0.1) is 11.8 Å². The van der Waals surface area contributed by atoms with Gasteiger partial charge in [0.05, 0.1) is 5.92 Å². The predicted octanol–water partition coefficient (Wildman–Crippen LogP) is 1.82. The first-order chi connectivity index (χ1) is 14.7. The van der Waals surface area contributed by atoms with Gasteiger partial charge >= 0.3 is 5.97 Å². The summed E-state index contributed by atoms with van der Waals surface area (Å²) in [6, 6.07) is 5.94. The van der Waals surface area contributed by atoms with Crippen molar-refractivity contribution in [3.05, 3.63) is 36.0 Å². The van der Waals surface area contributed by atoms with Crippen molar-refractivity contribution in [1.82, 2.24) is 15.3 Å². The molecule has 0 amide bonds. The van der Waals surface area contributed by atoms with Crippen LogP contribution in [0.2, 0.25) is 0 Å². The van der Waals surface area contributed by atoms with Gasteiger partial charge in [-0.15, -0.1) is 0 Å². The number of hydrazine groups is 1. The van der Waals surface area contributed by atoms with Gasteiger partial charge in [-0.2, -0.15) is 0 Å². The molecular formula is C21H25N5O4. The van der Waals surface area contributed by atoms with Crippen LogP contribution in [0.3, 0.4) is 0 Å². The number of nitrogens with zero attached hydrogens (tertiary/aromatic N) is 4. The first kappa shape index (κ1) is 18.9. The standard InChI is InChI=1S/C21H25N5O4/c27-20(28)15-5-8-25(9-6-15)21-22-12-16-2-1-7-26(19(16)24-21)23-11-14-3-4-17-18(10-14)30-13-29-17/h1,3-4,7,10,12,15-16,19,23H,2,5-6,8-9,11,13H2,(H,27,28). The first-order valence-electron chi connectivity index (χ1n) is 10.3. The molecule has 5 rings (SSSR count). The number of piperidine rings is 1. The molecule has 2 atom stereocenters. The van der Waals surface area contributed by atoms with Crippen LogP contribution >= 0.6 is 0 Å². The Bertz CT molecular complexity index is 907. The minimum Gasteiger partial charge on any atom is -0.481 e. The van der Waals surface area contributed by atoms with E-state index in [-0.39, 0.29) is 24.8 Å². The van der Waals surface area contributed by atoms with Crippen LogP contribution in [0.5, 0.6) is 11.5 Å². The minimum atomic E-state index is -0.708. The van der Waals surface area contributed by atoms with Crippen LogP contribution in [-0.2, 0) is 11.3 Å². The van der Waals surface area contributed by atoms with Gasteiger partial charge in [0.15, 0.2) is 11.5 Å². The lowest BCUT2D eigenvalue weighted by atomic mass is 9.97. The van der Waals surface area contributed by atoms with E-state index in [4.69, 9.17) is 14.5 Å². The predicted molar refractivity (Wildman–Crippen MR) is 110 cm³/mol. The fourth-order valence-corrected chi connectivity index (χ4v) is 4.23. The molecule has 30 heavy (non-hydrogen) atoms. The zero-order valence-corrected chi connectivity index (χ0v) is 16.6. The lowest BCUT2D eigenvalue weighted by Crippen LogP contribution is -2.50. The van der Waals surface area contributed by atoms with Crippen LogP contribution in [0.1, 0.15) is 24.8 Å². The fraction of sp³-hybridized carbons (Fsp3) is 0.476. The van der Waals surface area contributed by atoms with E-state index in [1.807, 2.05) is 35.6 Å². The second-order valence-electron chi connectivity index (χ2n) is 7.93. The third kappa shape index (κ3) is 3.72. The van der Waals surface area contributed by atoms with Gasteiger partial charge in [-0.25, -0.2) is 15.4 Å². The van der Waals surface area contributed by atoms with Crippen LogP contribution in [0.15, 0.2) is 40.5 Å². The number of guanidine groups is 1. The Balaban J connectivity index is 1.25. The van der Waals surface area contributed by atoms with E-state index in [2.05, 4.69) is 21.4 Å². The number of aliphatic carboxylic acids is 1. The number of hydrogen-bond acceptors (Lipinski definition) is 8. The van der Waals surface area contributed by atoms with Gasteiger partial charge in [0, 0.05) is 38.0 Å². The third-order valence-electron chi connectivity index (χ3n) is 6.00. The molecule has 0 aliphatic carbocycles. The van der Waals surface area contributed by atoms with E-state index in [1.165, 1.54) is 0 Å². The van der Waals surface area contributed by atoms with Gasteiger partial charge in [-0.05, 0) is 37.0 Å². The summed E-state index contributed by atoms with van der Waals surface area (Å²) < 4.78 is 10.8. The molecule has 0 spiro atoms. The summed E-state index contributed by atoms with van der Waals surface area (Å²) in [6.45, 7) is 2.25. The van der Waals surface area contributed by atoms with Crippen molar-refractivity contribution < 1.29 is 19.4 Å². The fourth-order valence-electron chi connectivity index (χ4n) is 4.23. The van der Waals surface area contributed by atoms with E-state index in [1.54, 1.807) is 0 Å². The Morgan fingerprint density at radius 2 is 2.07 bits per heavy atom. The summed E-state index contributed by atoms with van der Waals surface area (Å²) >= 11 is 0. The van der Waals surface area contributed by atoms with Crippen LogP contribution in [-0.4, -0.2) is 59.2 Å². The van der Waals surface area contributed by atoms with E-state index in [9.17, 15) is 9.90 Å². The number of fused-ring (bicyclic) bond motifs is 2. The number of carboxylic acid groups (broad SMARTS) is 1. The Morgan fingerprint density at radius 3 is 2.90 bits per heavy atom. The van der Waals surface area contributed by atoms with E-state index in [0.29, 0.717) is 38.4 Å². The smallest absolute Gasteiger partial charge is 0.306 e. The number of benzene rings is 1. The summed E-state index contributed by atoms with van der Waals surface area (Å²) in [5.74, 6) is 1.49. The average molecular weight is 411 g/mol. The SMILES string of the molecule is O=C(O)C1CCN(C2=NC3C(C=N2)CC=CN3NCc2ccc3c(c2)OCO3)CC1. The Morgan fingerprint density at radius 1 is 1.23 bits per heavy atom. The maximum atomic E-state index is 11.2. The number of aliphatic imine (C=N–C) groups is 2. The summed E-state index contributed by atoms with van der Waals surface area (Å²) in [6.07, 6.45) is 8.22. The number of ether oxygens (including phenoxy) is 2. The average Bonchev–Trinajstić information content (AvgIpc) is 3.25. The van der Waals surface area contributed by atoms with Crippen molar-refractivity contribution in [2.24, 2.45) is 21.8 Å². The zero-order valence-electron chi connectivity index (χ0n) is 16.6. The highest BCUT2D eigenvalue weighted by atomic mass is 16.7. The molecule has 4 heterocycles. The molecule has 2 N–H and O–H groups in total. The number of rotatable bonds is 4. The molecule has 9 nitrogen and oxygen atoms in total. The molecule has 1 aromatic carbocycles. The highest BCUT2D eigenvalue weighted by molar-refractivity contribution is 5.91. The third-order valence-corrected chi connectivity index (χ3v) is 6.00. The van der Waals surface area contributed by atoms with Gasteiger partial charge in [0.2, 0.25) is 12.8 Å². The largest absolute Gasteiger partial charge is 0.481 e. The second kappa shape index (κ2) is 7.98. The topological polar surface area (TPSA) is 99.0 Å². The van der Waals surface area contributed by atoms with Crippen LogP contribution in [0.25, 0.3) is 0 Å². The maximum Gasteiger partial charge on any atom is 0.306 e. The number of nitrogens with one attached hydrogen (secondary N) is 1. The molecule has 2 unspecified atom stereocenters. The Labute approximate surface area is 174 Å². The number of allylic oxidation sites excluding steroid dienone is 1. The molecule has 9 heteroatoms.